The number of aryl methyl sites for hydroxylation is 1. The summed E-state index contributed by atoms with van der Waals surface area (Å²) in [7, 11) is 1.45. The Hall–Kier alpha value is -1.12. The van der Waals surface area contributed by atoms with Gasteiger partial charge in [-0.1, -0.05) is 0 Å². The van der Waals surface area contributed by atoms with E-state index in [0.29, 0.717) is 0 Å². The van der Waals surface area contributed by atoms with Gasteiger partial charge in [-0.05, 0) is 0 Å². The van der Waals surface area contributed by atoms with Crippen LogP contribution in [0, 0.1) is 13.8 Å². The Morgan fingerprint density at radius 2 is 2.07 bits per heavy atom. The summed E-state index contributed by atoms with van der Waals surface area (Å²) in [6, 6.07) is 6.29. The van der Waals surface area contributed by atoms with Crippen LogP contribution in [0.3, 0.4) is 0 Å². The number of benzene rings is 1. The number of rotatable bonds is 1. The van der Waals surface area contributed by atoms with Crippen molar-refractivity contribution < 1.29 is 8.99 Å². The molecule has 1 atom stereocenters. The van der Waals surface area contributed by atoms with Gasteiger partial charge in [0, 0.05) is 0 Å². The van der Waals surface area contributed by atoms with Crippen LogP contribution in [0.4, 0.5) is 0 Å². The molecule has 1 aromatic carbocycles. The van der Waals surface area contributed by atoms with Gasteiger partial charge < -0.3 is 0 Å². The topological polar surface area (TPSA) is 20.5 Å². The van der Waals surface area contributed by atoms with Crippen molar-refractivity contribution in [2.24, 2.45) is 0 Å². The molecule has 0 saturated heterocycles. The molecule has 1 heterocycles. The summed E-state index contributed by atoms with van der Waals surface area (Å²) in [4.78, 5) is 0. The molecule has 3 heteroatoms. The van der Waals surface area contributed by atoms with Gasteiger partial charge in [-0.2, -0.15) is 0 Å². The molecule has 1 unspecified atom stereocenters. The molecule has 0 amide bonds. The van der Waals surface area contributed by atoms with Crippen LogP contribution in [0.25, 0.3) is 0 Å². The zero-order valence-electron chi connectivity index (χ0n) is 9.70. The maximum atomic E-state index is 5.54. The quantitative estimate of drug-likeness (QED) is 0.507. The van der Waals surface area contributed by atoms with E-state index < -0.39 is 0 Å². The van der Waals surface area contributed by atoms with Gasteiger partial charge >= 0.3 is 90.6 Å². The molecule has 78 valence electrons. The normalized spacial score (nSPS) is 22.3. The number of hydrogen-bond donors (Lipinski definition) is 0. The van der Waals surface area contributed by atoms with Gasteiger partial charge in [-0.3, -0.25) is 0 Å². The summed E-state index contributed by atoms with van der Waals surface area (Å²) in [5.41, 5.74) is 3.51. The Morgan fingerprint density at radius 1 is 1.33 bits per heavy atom. The van der Waals surface area contributed by atoms with Gasteiger partial charge in [0.2, 0.25) is 0 Å². The van der Waals surface area contributed by atoms with Crippen molar-refractivity contribution in [3.63, 3.8) is 0 Å². The molecule has 1 aliphatic rings. The molecule has 0 aliphatic carbocycles. The Labute approximate surface area is 91.2 Å². The van der Waals surface area contributed by atoms with Crippen molar-refractivity contribution in [3.05, 3.63) is 34.9 Å². The maximum absolute atomic E-state index is 5.54. The van der Waals surface area contributed by atoms with Crippen molar-refractivity contribution in [1.29, 1.82) is 0 Å². The summed E-state index contributed by atoms with van der Waals surface area (Å²) in [6.45, 7) is 8.33. The van der Waals surface area contributed by atoms with E-state index in [-0.39, 0.29) is 11.7 Å². The molecule has 0 spiro atoms. The fraction of sp³-hybridized carbons (Fsp3) is 0.500. The van der Waals surface area contributed by atoms with E-state index in [1.54, 1.807) is 0 Å². The molecule has 1 aromatic rings. The van der Waals surface area contributed by atoms with Crippen LogP contribution in [0.1, 0.15) is 36.6 Å². The predicted octanol–water partition coefficient (Wildman–Crippen LogP) is 2.65. The van der Waals surface area contributed by atoms with E-state index in [2.05, 4.69) is 32.0 Å². The SMILES string of the molecule is Cc1cccc(C2OB=[O+]C2(C)C)c1C. The first kappa shape index (κ1) is 10.4. The average molecular weight is 203 g/mol. The predicted molar refractivity (Wildman–Crippen MR) is 60.3 cm³/mol. The van der Waals surface area contributed by atoms with Crippen LogP contribution in [0.15, 0.2) is 18.2 Å². The molecule has 0 bridgehead atoms. The van der Waals surface area contributed by atoms with Gasteiger partial charge in [0.15, 0.2) is 0 Å². The molecule has 1 aliphatic heterocycles. The van der Waals surface area contributed by atoms with E-state index in [1.165, 1.54) is 24.0 Å². The summed E-state index contributed by atoms with van der Waals surface area (Å²) in [5.74, 6) is 0. The summed E-state index contributed by atoms with van der Waals surface area (Å²) >= 11 is 0. The van der Waals surface area contributed by atoms with E-state index in [9.17, 15) is 0 Å². The van der Waals surface area contributed by atoms with Crippen LogP contribution in [0.2, 0.25) is 0 Å². The molecule has 15 heavy (non-hydrogen) atoms. The zero-order chi connectivity index (χ0) is 11.1. The fourth-order valence-corrected chi connectivity index (χ4v) is 1.94. The summed E-state index contributed by atoms with van der Waals surface area (Å²) in [5, 5.41) is 0. The summed E-state index contributed by atoms with van der Waals surface area (Å²) in [6.07, 6.45) is -0.00241. The molecule has 0 radical (unpaired) electrons. The Morgan fingerprint density at radius 3 is 2.67 bits per heavy atom. The van der Waals surface area contributed by atoms with E-state index in [1.807, 2.05) is 13.8 Å². The second kappa shape index (κ2) is 3.48. The van der Waals surface area contributed by atoms with E-state index in [4.69, 9.17) is 8.99 Å². The van der Waals surface area contributed by atoms with Crippen molar-refractivity contribution >= 4 is 7.35 Å². The van der Waals surface area contributed by atoms with Crippen molar-refractivity contribution in [2.75, 3.05) is 0 Å². The molecular formula is C12H16BO2+. The third kappa shape index (κ3) is 1.71. The third-order valence-corrected chi connectivity index (χ3v) is 3.10. The molecule has 0 fully saturated rings. The molecular weight excluding hydrogens is 187 g/mol. The summed E-state index contributed by atoms with van der Waals surface area (Å²) < 4.78 is 11.0. The van der Waals surface area contributed by atoms with Crippen molar-refractivity contribution in [3.8, 4) is 0 Å². The fourth-order valence-electron chi connectivity index (χ4n) is 1.94. The standard InChI is InChI=1S/C12H16BO2/c1-8-6-5-7-10(9(8)2)11-12(3,4)15-13-14-11/h5-7,11H,1-4H3/q+1. The van der Waals surface area contributed by atoms with Gasteiger partial charge in [-0.25, -0.2) is 0 Å². The van der Waals surface area contributed by atoms with Crippen LogP contribution >= 0.6 is 0 Å². The Bertz CT molecular complexity index is 410. The van der Waals surface area contributed by atoms with Crippen LogP contribution in [-0.2, 0) is 8.99 Å². The second-order valence-corrected chi connectivity index (χ2v) is 4.62. The minimum atomic E-state index is -0.279. The first-order valence-electron chi connectivity index (χ1n) is 5.23. The molecule has 0 aromatic heterocycles. The Kier molecular flexibility index (Phi) is 2.41. The Balaban J connectivity index is 2.43. The number of hydrogen-bond acceptors (Lipinski definition) is 1. The average Bonchev–Trinajstić information content (AvgIpc) is 2.50. The van der Waals surface area contributed by atoms with Gasteiger partial charge in [0.25, 0.3) is 0 Å². The zero-order valence-corrected chi connectivity index (χ0v) is 9.70. The molecule has 0 N–H and O–H groups in total. The van der Waals surface area contributed by atoms with Crippen molar-refractivity contribution in [2.45, 2.75) is 39.4 Å². The third-order valence-electron chi connectivity index (χ3n) is 3.10. The first-order valence-corrected chi connectivity index (χ1v) is 5.23. The van der Waals surface area contributed by atoms with Gasteiger partial charge in [-0.15, -0.1) is 0 Å². The van der Waals surface area contributed by atoms with Crippen LogP contribution < -0.4 is 0 Å². The van der Waals surface area contributed by atoms with Crippen LogP contribution in [-0.4, -0.2) is 13.0 Å². The molecule has 2 nitrogen and oxygen atoms in total. The first-order chi connectivity index (χ1) is 7.02. The van der Waals surface area contributed by atoms with E-state index in [0.717, 1.165) is 0 Å². The second-order valence-electron chi connectivity index (χ2n) is 4.62. The van der Waals surface area contributed by atoms with E-state index >= 15 is 0 Å². The van der Waals surface area contributed by atoms with Crippen LogP contribution in [0.5, 0.6) is 0 Å². The molecule has 2 rings (SSSR count). The minimum absolute atomic E-state index is 0.00241. The monoisotopic (exact) mass is 203 g/mol. The van der Waals surface area contributed by atoms with Crippen molar-refractivity contribution in [1.82, 2.24) is 0 Å². The van der Waals surface area contributed by atoms with Gasteiger partial charge in [0.1, 0.15) is 0 Å². The van der Waals surface area contributed by atoms with Gasteiger partial charge in [0.05, 0.1) is 0 Å². The molecule has 0 saturated carbocycles.